The summed E-state index contributed by atoms with van der Waals surface area (Å²) in [5, 5.41) is 12.3. The summed E-state index contributed by atoms with van der Waals surface area (Å²) in [4.78, 5) is -0.0559. The van der Waals surface area contributed by atoms with Gasteiger partial charge in [0.15, 0.2) is 0 Å². The first kappa shape index (κ1) is 14.4. The Labute approximate surface area is 117 Å². The maximum absolute atomic E-state index is 11.2. The lowest BCUT2D eigenvalue weighted by Gasteiger charge is -2.09. The topological polar surface area (TPSA) is 116 Å². The van der Waals surface area contributed by atoms with Crippen molar-refractivity contribution in [2.45, 2.75) is 17.9 Å². The van der Waals surface area contributed by atoms with E-state index in [-0.39, 0.29) is 10.6 Å². The molecule has 0 saturated carbocycles. The number of hydrogen-bond donors (Lipinski definition) is 3. The van der Waals surface area contributed by atoms with Crippen molar-refractivity contribution >= 4 is 21.4 Å². The van der Waals surface area contributed by atoms with E-state index < -0.39 is 10.0 Å². The molecule has 0 bridgehead atoms. The first-order chi connectivity index (χ1) is 9.47. The van der Waals surface area contributed by atoms with Crippen molar-refractivity contribution in [2.24, 2.45) is 5.14 Å². The second-order valence-corrected chi connectivity index (χ2v) is 5.88. The Morgan fingerprint density at radius 2 is 2.15 bits per heavy atom. The van der Waals surface area contributed by atoms with Gasteiger partial charge in [-0.15, -0.1) is 0 Å². The van der Waals surface area contributed by atoms with Crippen LogP contribution in [0.5, 0.6) is 0 Å². The summed E-state index contributed by atoms with van der Waals surface area (Å²) >= 11 is 0. The highest BCUT2D eigenvalue weighted by Crippen LogP contribution is 2.21. The van der Waals surface area contributed by atoms with Crippen LogP contribution >= 0.6 is 0 Å². The van der Waals surface area contributed by atoms with E-state index in [9.17, 15) is 8.42 Å². The van der Waals surface area contributed by atoms with E-state index in [1.807, 2.05) is 16.9 Å². The van der Waals surface area contributed by atoms with Crippen molar-refractivity contribution in [3.05, 3.63) is 36.7 Å². The molecule has 0 atom stereocenters. The van der Waals surface area contributed by atoms with Gasteiger partial charge in [-0.2, -0.15) is 5.10 Å². The van der Waals surface area contributed by atoms with Crippen LogP contribution in [0.25, 0.3) is 0 Å². The van der Waals surface area contributed by atoms with E-state index in [1.54, 1.807) is 18.3 Å². The molecule has 0 aliphatic heterocycles. The number of rotatable bonds is 6. The molecule has 7 nitrogen and oxygen atoms in total. The molecule has 0 radical (unpaired) electrons. The highest BCUT2D eigenvalue weighted by Gasteiger charge is 2.11. The molecule has 108 valence electrons. The molecule has 1 heterocycles. The van der Waals surface area contributed by atoms with Gasteiger partial charge in [-0.25, -0.2) is 13.6 Å². The maximum atomic E-state index is 11.2. The second kappa shape index (κ2) is 5.93. The maximum Gasteiger partial charge on any atom is 0.240 e. The Morgan fingerprint density at radius 3 is 2.75 bits per heavy atom. The number of sulfonamides is 1. The summed E-state index contributed by atoms with van der Waals surface area (Å²) in [5.41, 5.74) is 6.58. The monoisotopic (exact) mass is 295 g/mol. The number of nitrogens with two attached hydrogens (primary N) is 2. The molecule has 0 aliphatic carbocycles. The SMILES string of the molecule is Nc1cc(NCCCn2cccn2)ccc1S(N)(=O)=O. The number of benzene rings is 1. The molecule has 2 rings (SSSR count). The zero-order valence-corrected chi connectivity index (χ0v) is 11.7. The largest absolute Gasteiger partial charge is 0.398 e. The van der Waals surface area contributed by atoms with Crippen molar-refractivity contribution in [2.75, 3.05) is 17.6 Å². The van der Waals surface area contributed by atoms with Crippen LogP contribution in [-0.4, -0.2) is 24.7 Å². The standard InChI is InChI=1S/C12H17N5O2S/c13-11-9-10(3-4-12(11)20(14,18)19)15-5-1-7-17-8-2-6-16-17/h2-4,6,8-9,15H,1,5,7,13H2,(H2,14,18,19). The van der Waals surface area contributed by atoms with Gasteiger partial charge in [0.1, 0.15) is 4.90 Å². The van der Waals surface area contributed by atoms with Crippen molar-refractivity contribution < 1.29 is 8.42 Å². The molecule has 0 amide bonds. The third kappa shape index (κ3) is 3.72. The molecule has 0 aliphatic rings. The lowest BCUT2D eigenvalue weighted by atomic mass is 10.2. The number of nitrogens with one attached hydrogen (secondary N) is 1. The zero-order valence-electron chi connectivity index (χ0n) is 10.9. The van der Waals surface area contributed by atoms with Gasteiger partial charge in [0.25, 0.3) is 0 Å². The Kier molecular flexibility index (Phi) is 4.26. The number of nitrogens with zero attached hydrogens (tertiary/aromatic N) is 2. The summed E-state index contributed by atoms with van der Waals surface area (Å²) in [6.45, 7) is 1.54. The van der Waals surface area contributed by atoms with Crippen LogP contribution in [0, 0.1) is 0 Å². The smallest absolute Gasteiger partial charge is 0.240 e. The Hall–Kier alpha value is -2.06. The predicted octanol–water partition coefficient (Wildman–Crippen LogP) is 0.615. The van der Waals surface area contributed by atoms with Crippen molar-refractivity contribution in [3.63, 3.8) is 0 Å². The molecule has 5 N–H and O–H groups in total. The first-order valence-electron chi connectivity index (χ1n) is 6.10. The molecule has 20 heavy (non-hydrogen) atoms. The van der Waals surface area contributed by atoms with Gasteiger partial charge in [0.2, 0.25) is 10.0 Å². The lowest BCUT2D eigenvalue weighted by molar-refractivity contribution is 0.592. The molecular weight excluding hydrogens is 278 g/mol. The van der Waals surface area contributed by atoms with Gasteiger partial charge in [0, 0.05) is 31.2 Å². The number of hydrogen-bond acceptors (Lipinski definition) is 5. The van der Waals surface area contributed by atoms with Crippen LogP contribution in [0.3, 0.4) is 0 Å². The average molecular weight is 295 g/mol. The molecular formula is C12H17N5O2S. The van der Waals surface area contributed by atoms with Crippen LogP contribution < -0.4 is 16.2 Å². The fourth-order valence-corrected chi connectivity index (χ4v) is 2.47. The van der Waals surface area contributed by atoms with Gasteiger partial charge >= 0.3 is 0 Å². The van der Waals surface area contributed by atoms with E-state index in [0.717, 1.165) is 25.2 Å². The minimum Gasteiger partial charge on any atom is -0.398 e. The Balaban J connectivity index is 1.89. The van der Waals surface area contributed by atoms with Crippen LogP contribution in [0.1, 0.15) is 6.42 Å². The van der Waals surface area contributed by atoms with Crippen LogP contribution in [0.4, 0.5) is 11.4 Å². The van der Waals surface area contributed by atoms with Crippen LogP contribution in [0.2, 0.25) is 0 Å². The van der Waals surface area contributed by atoms with Gasteiger partial charge in [-0.3, -0.25) is 4.68 Å². The Bertz CT molecular complexity index is 667. The fraction of sp³-hybridized carbons (Fsp3) is 0.250. The molecule has 0 unspecified atom stereocenters. The number of anilines is 2. The predicted molar refractivity (Wildman–Crippen MR) is 77.6 cm³/mol. The number of aryl methyl sites for hydroxylation is 1. The van der Waals surface area contributed by atoms with E-state index in [4.69, 9.17) is 10.9 Å². The third-order valence-corrected chi connectivity index (χ3v) is 3.75. The van der Waals surface area contributed by atoms with Crippen molar-refractivity contribution in [1.29, 1.82) is 0 Å². The minimum absolute atomic E-state index is 0.0559. The normalized spacial score (nSPS) is 11.4. The number of aromatic nitrogens is 2. The molecule has 2 aromatic rings. The summed E-state index contributed by atoms with van der Waals surface area (Å²) < 4.78 is 24.3. The van der Waals surface area contributed by atoms with E-state index in [0.29, 0.717) is 0 Å². The van der Waals surface area contributed by atoms with Gasteiger partial charge < -0.3 is 11.1 Å². The summed E-state index contributed by atoms with van der Waals surface area (Å²) in [5.74, 6) is 0. The van der Waals surface area contributed by atoms with Crippen molar-refractivity contribution in [3.8, 4) is 0 Å². The zero-order chi connectivity index (χ0) is 14.6. The minimum atomic E-state index is -3.77. The molecule has 1 aromatic carbocycles. The summed E-state index contributed by atoms with van der Waals surface area (Å²) in [6.07, 6.45) is 4.53. The number of primary sulfonamides is 1. The van der Waals surface area contributed by atoms with Gasteiger partial charge in [0.05, 0.1) is 5.69 Å². The first-order valence-corrected chi connectivity index (χ1v) is 7.65. The molecule has 0 fully saturated rings. The number of nitrogen functional groups attached to an aromatic ring is 1. The van der Waals surface area contributed by atoms with Crippen LogP contribution in [-0.2, 0) is 16.6 Å². The second-order valence-electron chi connectivity index (χ2n) is 4.35. The highest BCUT2D eigenvalue weighted by atomic mass is 32.2. The third-order valence-electron chi connectivity index (χ3n) is 2.77. The van der Waals surface area contributed by atoms with Crippen LogP contribution in [0.15, 0.2) is 41.6 Å². The molecule has 8 heteroatoms. The van der Waals surface area contributed by atoms with Crippen molar-refractivity contribution in [1.82, 2.24) is 9.78 Å². The van der Waals surface area contributed by atoms with E-state index in [2.05, 4.69) is 10.4 Å². The average Bonchev–Trinajstić information content (AvgIpc) is 2.86. The Morgan fingerprint density at radius 1 is 1.35 bits per heavy atom. The summed E-state index contributed by atoms with van der Waals surface area (Å²) in [7, 11) is -3.77. The summed E-state index contributed by atoms with van der Waals surface area (Å²) in [6, 6.07) is 6.48. The highest BCUT2D eigenvalue weighted by molar-refractivity contribution is 7.89. The molecule has 0 spiro atoms. The lowest BCUT2D eigenvalue weighted by Crippen LogP contribution is -2.14. The van der Waals surface area contributed by atoms with Gasteiger partial charge in [-0.05, 0) is 30.7 Å². The quantitative estimate of drug-likeness (QED) is 0.533. The fourth-order valence-electron chi connectivity index (χ4n) is 1.82. The van der Waals surface area contributed by atoms with Gasteiger partial charge in [-0.1, -0.05) is 0 Å². The molecule has 1 aromatic heterocycles. The van der Waals surface area contributed by atoms with E-state index in [1.165, 1.54) is 6.07 Å². The molecule has 0 saturated heterocycles. The van der Waals surface area contributed by atoms with E-state index >= 15 is 0 Å².